The first-order chi connectivity index (χ1) is 7.29. The molecular weight excluding hydrogens is 254 g/mol. The molecule has 0 amide bonds. The van der Waals surface area contributed by atoms with Crippen LogP contribution in [0.2, 0.25) is 0 Å². The summed E-state index contributed by atoms with van der Waals surface area (Å²) in [6, 6.07) is 8.35. The summed E-state index contributed by atoms with van der Waals surface area (Å²) >= 11 is 3.43. The summed E-state index contributed by atoms with van der Waals surface area (Å²) in [6.45, 7) is 1.98. The van der Waals surface area contributed by atoms with Gasteiger partial charge in [-0.25, -0.2) is 0 Å². The Hall–Kier alpha value is -0.830. The van der Waals surface area contributed by atoms with E-state index >= 15 is 0 Å². The maximum absolute atomic E-state index is 10.6. The second kappa shape index (κ2) is 4.79. The van der Waals surface area contributed by atoms with Crippen LogP contribution in [0.15, 0.2) is 28.7 Å². The fraction of sp³-hybridized carbons (Fsp3) is 0.417. The smallest absolute Gasteiger partial charge is 0.123 e. The lowest BCUT2D eigenvalue weighted by Crippen LogP contribution is -2.33. The number of carbonyl (C=O) groups is 1. The molecule has 0 bridgehead atoms. The molecule has 1 fully saturated rings. The molecular formula is C12H14BrNO. The van der Waals surface area contributed by atoms with Gasteiger partial charge >= 0.3 is 0 Å². The number of anilines is 1. The van der Waals surface area contributed by atoms with Crippen LogP contribution in [0.4, 0.5) is 5.69 Å². The number of rotatable bonds is 2. The molecule has 1 aliphatic heterocycles. The monoisotopic (exact) mass is 267 g/mol. The van der Waals surface area contributed by atoms with Gasteiger partial charge in [0.15, 0.2) is 0 Å². The highest BCUT2D eigenvalue weighted by molar-refractivity contribution is 9.10. The fourth-order valence-electron chi connectivity index (χ4n) is 1.95. The van der Waals surface area contributed by atoms with E-state index in [-0.39, 0.29) is 5.92 Å². The normalized spacial score (nSPS) is 17.8. The quantitative estimate of drug-likeness (QED) is 0.769. The van der Waals surface area contributed by atoms with Gasteiger partial charge in [0.25, 0.3) is 0 Å². The average molecular weight is 268 g/mol. The fourth-order valence-corrected chi connectivity index (χ4v) is 2.21. The number of hydrogen-bond acceptors (Lipinski definition) is 2. The van der Waals surface area contributed by atoms with Gasteiger partial charge in [0.1, 0.15) is 6.29 Å². The standard InChI is InChI=1S/C12H14BrNO/c13-11-1-3-12(4-2-11)14-7-5-10(9-15)6-8-14/h1-4,9-10H,5-8H2. The molecule has 2 nitrogen and oxygen atoms in total. The summed E-state index contributed by atoms with van der Waals surface area (Å²) in [5.74, 6) is 0.275. The first kappa shape index (κ1) is 10.7. The maximum Gasteiger partial charge on any atom is 0.123 e. The van der Waals surface area contributed by atoms with E-state index in [4.69, 9.17) is 0 Å². The first-order valence-corrected chi connectivity index (χ1v) is 6.04. The Bertz CT molecular complexity index is 328. The molecule has 15 heavy (non-hydrogen) atoms. The van der Waals surface area contributed by atoms with E-state index in [9.17, 15) is 4.79 Å². The second-order valence-corrected chi connectivity index (χ2v) is 4.85. The van der Waals surface area contributed by atoms with E-state index in [0.29, 0.717) is 0 Å². The topological polar surface area (TPSA) is 20.3 Å². The average Bonchev–Trinajstić information content (AvgIpc) is 2.30. The van der Waals surface area contributed by atoms with Gasteiger partial charge < -0.3 is 9.69 Å². The molecule has 1 saturated heterocycles. The third-order valence-corrected chi connectivity index (χ3v) is 3.45. The van der Waals surface area contributed by atoms with Crippen molar-refractivity contribution in [2.75, 3.05) is 18.0 Å². The minimum atomic E-state index is 0.275. The van der Waals surface area contributed by atoms with Crippen LogP contribution in [0.3, 0.4) is 0 Å². The molecule has 0 aromatic heterocycles. The Labute approximate surface area is 98.4 Å². The van der Waals surface area contributed by atoms with Crippen LogP contribution in [0.5, 0.6) is 0 Å². The molecule has 1 heterocycles. The molecule has 1 aliphatic rings. The van der Waals surface area contributed by atoms with Gasteiger partial charge in [0.2, 0.25) is 0 Å². The number of nitrogens with zero attached hydrogens (tertiary/aromatic N) is 1. The van der Waals surface area contributed by atoms with Crippen molar-refractivity contribution in [3.63, 3.8) is 0 Å². The molecule has 0 unspecified atom stereocenters. The zero-order chi connectivity index (χ0) is 10.7. The largest absolute Gasteiger partial charge is 0.371 e. The van der Waals surface area contributed by atoms with Crippen molar-refractivity contribution < 1.29 is 4.79 Å². The second-order valence-electron chi connectivity index (χ2n) is 3.94. The van der Waals surface area contributed by atoms with Crippen molar-refractivity contribution in [1.29, 1.82) is 0 Å². The Kier molecular flexibility index (Phi) is 3.41. The van der Waals surface area contributed by atoms with E-state index in [1.54, 1.807) is 0 Å². The van der Waals surface area contributed by atoms with Gasteiger partial charge in [0.05, 0.1) is 0 Å². The summed E-state index contributed by atoms with van der Waals surface area (Å²) in [5.41, 5.74) is 1.25. The van der Waals surface area contributed by atoms with Crippen molar-refractivity contribution >= 4 is 27.9 Å². The van der Waals surface area contributed by atoms with Crippen molar-refractivity contribution in [3.05, 3.63) is 28.7 Å². The Morgan fingerprint density at radius 3 is 2.33 bits per heavy atom. The molecule has 0 radical (unpaired) electrons. The third kappa shape index (κ3) is 2.59. The predicted molar refractivity (Wildman–Crippen MR) is 65.1 cm³/mol. The van der Waals surface area contributed by atoms with E-state index in [1.165, 1.54) is 5.69 Å². The summed E-state index contributed by atoms with van der Waals surface area (Å²) in [4.78, 5) is 13.0. The van der Waals surface area contributed by atoms with Crippen LogP contribution in [0, 0.1) is 5.92 Å². The minimum absolute atomic E-state index is 0.275. The Morgan fingerprint density at radius 2 is 1.80 bits per heavy atom. The van der Waals surface area contributed by atoms with Crippen molar-refractivity contribution in [2.24, 2.45) is 5.92 Å². The lowest BCUT2D eigenvalue weighted by atomic mass is 9.98. The van der Waals surface area contributed by atoms with Crippen LogP contribution in [-0.2, 0) is 4.79 Å². The number of aldehydes is 1. The lowest BCUT2D eigenvalue weighted by Gasteiger charge is -2.31. The number of benzene rings is 1. The van der Waals surface area contributed by atoms with Crippen LogP contribution in [-0.4, -0.2) is 19.4 Å². The summed E-state index contributed by atoms with van der Waals surface area (Å²) in [6.07, 6.45) is 3.07. The van der Waals surface area contributed by atoms with Crippen LogP contribution in [0.1, 0.15) is 12.8 Å². The Balaban J connectivity index is 2.01. The van der Waals surface area contributed by atoms with Gasteiger partial charge in [-0.15, -0.1) is 0 Å². The first-order valence-electron chi connectivity index (χ1n) is 5.25. The minimum Gasteiger partial charge on any atom is -0.371 e. The number of hydrogen-bond donors (Lipinski definition) is 0. The van der Waals surface area contributed by atoms with Crippen LogP contribution < -0.4 is 4.90 Å². The van der Waals surface area contributed by atoms with E-state index in [0.717, 1.165) is 36.7 Å². The van der Waals surface area contributed by atoms with Crippen LogP contribution in [0.25, 0.3) is 0 Å². The third-order valence-electron chi connectivity index (χ3n) is 2.92. The summed E-state index contributed by atoms with van der Waals surface area (Å²) in [7, 11) is 0. The molecule has 2 rings (SSSR count). The van der Waals surface area contributed by atoms with Crippen LogP contribution >= 0.6 is 15.9 Å². The Morgan fingerprint density at radius 1 is 1.20 bits per heavy atom. The molecule has 0 N–H and O–H groups in total. The van der Waals surface area contributed by atoms with Gasteiger partial charge in [-0.05, 0) is 37.1 Å². The number of piperidine rings is 1. The van der Waals surface area contributed by atoms with Gasteiger partial charge in [-0.1, -0.05) is 15.9 Å². The van der Waals surface area contributed by atoms with Crippen molar-refractivity contribution in [3.8, 4) is 0 Å². The molecule has 1 aromatic carbocycles. The van der Waals surface area contributed by atoms with Crippen molar-refractivity contribution in [1.82, 2.24) is 0 Å². The maximum atomic E-state index is 10.6. The molecule has 1 aromatic rings. The summed E-state index contributed by atoms with van der Waals surface area (Å²) in [5, 5.41) is 0. The number of halogens is 1. The molecule has 0 atom stereocenters. The molecule has 0 saturated carbocycles. The molecule has 0 spiro atoms. The van der Waals surface area contributed by atoms with E-state index in [2.05, 4.69) is 45.1 Å². The highest BCUT2D eigenvalue weighted by Gasteiger charge is 2.18. The van der Waals surface area contributed by atoms with Crippen molar-refractivity contribution in [2.45, 2.75) is 12.8 Å². The van der Waals surface area contributed by atoms with Gasteiger partial charge in [-0.2, -0.15) is 0 Å². The zero-order valence-electron chi connectivity index (χ0n) is 8.53. The summed E-state index contributed by atoms with van der Waals surface area (Å²) < 4.78 is 1.11. The van der Waals surface area contributed by atoms with Gasteiger partial charge in [0, 0.05) is 29.2 Å². The SMILES string of the molecule is O=CC1CCN(c2ccc(Br)cc2)CC1. The van der Waals surface area contributed by atoms with E-state index < -0.39 is 0 Å². The highest BCUT2D eigenvalue weighted by atomic mass is 79.9. The van der Waals surface area contributed by atoms with Gasteiger partial charge in [-0.3, -0.25) is 0 Å². The molecule has 0 aliphatic carbocycles. The highest BCUT2D eigenvalue weighted by Crippen LogP contribution is 2.23. The van der Waals surface area contributed by atoms with E-state index in [1.807, 2.05) is 0 Å². The number of carbonyl (C=O) groups excluding carboxylic acids is 1. The lowest BCUT2D eigenvalue weighted by molar-refractivity contribution is -0.111. The predicted octanol–water partition coefficient (Wildman–Crippen LogP) is 2.86. The molecule has 3 heteroatoms. The zero-order valence-corrected chi connectivity index (χ0v) is 10.1. The molecule has 80 valence electrons.